The molecule has 2 heterocycles. The molecule has 0 saturated carbocycles. The normalized spacial score (nSPS) is 13.0. The summed E-state index contributed by atoms with van der Waals surface area (Å²) in [5.74, 6) is 0. The first-order chi connectivity index (χ1) is 16.2. The third-order valence-corrected chi connectivity index (χ3v) is 7.15. The monoisotopic (exact) mass is 446 g/mol. The predicted octanol–water partition coefficient (Wildman–Crippen LogP) is 9.30. The van der Waals surface area contributed by atoms with Crippen LogP contribution in [-0.4, -0.2) is 0 Å². The van der Waals surface area contributed by atoms with Crippen LogP contribution in [0.3, 0.4) is 0 Å². The molecule has 0 atom stereocenters. The Balaban J connectivity index is 1.44. The van der Waals surface area contributed by atoms with Crippen molar-refractivity contribution in [3.63, 3.8) is 0 Å². The number of rotatable bonds is 3. The van der Waals surface area contributed by atoms with Crippen LogP contribution in [0, 0.1) is 0 Å². The van der Waals surface area contributed by atoms with E-state index in [0.29, 0.717) is 0 Å². The minimum absolute atomic E-state index is 0.0312. The smallest absolute Gasteiger partial charge is 0.139 e. The minimum atomic E-state index is -0.107. The molecule has 0 aliphatic carbocycles. The van der Waals surface area contributed by atoms with Crippen LogP contribution in [0.2, 0.25) is 0 Å². The van der Waals surface area contributed by atoms with E-state index in [2.05, 4.69) is 101 Å². The Labute approximate surface area is 200 Å². The Morgan fingerprint density at radius 1 is 0.559 bits per heavy atom. The van der Waals surface area contributed by atoms with E-state index in [1.54, 1.807) is 0 Å². The zero-order valence-corrected chi connectivity index (χ0v) is 20.5. The van der Waals surface area contributed by atoms with Crippen LogP contribution in [0.25, 0.3) is 43.9 Å². The summed E-state index contributed by atoms with van der Waals surface area (Å²) < 4.78 is 12.8. The third kappa shape index (κ3) is 3.24. The highest BCUT2D eigenvalue weighted by Crippen LogP contribution is 2.40. The molecule has 0 amide bonds. The summed E-state index contributed by atoms with van der Waals surface area (Å²) in [5.41, 5.74) is 7.58. The maximum Gasteiger partial charge on any atom is 0.139 e. The maximum absolute atomic E-state index is 6.46. The Bertz CT molecular complexity index is 1690. The van der Waals surface area contributed by atoms with E-state index in [1.807, 2.05) is 12.1 Å². The molecular weight excluding hydrogens is 416 g/mol. The molecule has 34 heavy (non-hydrogen) atoms. The van der Waals surface area contributed by atoms with E-state index < -0.39 is 0 Å². The van der Waals surface area contributed by atoms with Crippen molar-refractivity contribution in [1.82, 2.24) is 0 Å². The first-order valence-corrected chi connectivity index (χ1v) is 12.1. The number of para-hydroxylation sites is 3. The Hall–Kier alpha value is -3.52. The van der Waals surface area contributed by atoms with Gasteiger partial charge in [0.15, 0.2) is 0 Å². The lowest BCUT2D eigenvalue weighted by Crippen LogP contribution is -2.20. The van der Waals surface area contributed by atoms with Crippen LogP contribution in [0.5, 0.6) is 0 Å². The van der Waals surface area contributed by atoms with Gasteiger partial charge in [0.1, 0.15) is 22.3 Å². The lowest BCUT2D eigenvalue weighted by atomic mass is 9.78. The molecular formula is C32H30O2. The highest BCUT2D eigenvalue weighted by Gasteiger charge is 2.27. The molecule has 0 spiro atoms. The molecule has 170 valence electrons. The lowest BCUT2D eigenvalue weighted by molar-refractivity contribution is 0.515. The molecule has 0 unspecified atom stereocenters. The zero-order valence-electron chi connectivity index (χ0n) is 20.5. The SMILES string of the molecule is CC(C)(C)c1cccc2c1oc1cc(CC(C)(C)c3cccc4c3oc3ccccc34)ccc12. The second-order valence-electron chi connectivity index (χ2n) is 11.2. The summed E-state index contributed by atoms with van der Waals surface area (Å²) in [5, 5.41) is 4.74. The van der Waals surface area contributed by atoms with Crippen LogP contribution < -0.4 is 0 Å². The van der Waals surface area contributed by atoms with Crippen LogP contribution in [-0.2, 0) is 17.3 Å². The molecule has 0 saturated heterocycles. The molecule has 0 bridgehead atoms. The van der Waals surface area contributed by atoms with Crippen molar-refractivity contribution in [3.8, 4) is 0 Å². The number of fused-ring (bicyclic) bond motifs is 6. The molecule has 2 nitrogen and oxygen atoms in total. The van der Waals surface area contributed by atoms with Gasteiger partial charge in [-0.2, -0.15) is 0 Å². The van der Waals surface area contributed by atoms with Crippen molar-refractivity contribution in [1.29, 1.82) is 0 Å². The summed E-state index contributed by atoms with van der Waals surface area (Å²) in [6.45, 7) is 11.3. The fraction of sp³-hybridized carbons (Fsp3) is 0.250. The maximum atomic E-state index is 6.46. The molecule has 0 radical (unpaired) electrons. The van der Waals surface area contributed by atoms with Crippen molar-refractivity contribution >= 4 is 43.9 Å². The Morgan fingerprint density at radius 3 is 1.88 bits per heavy atom. The molecule has 0 aliphatic heterocycles. The molecule has 2 heteroatoms. The van der Waals surface area contributed by atoms with Crippen molar-refractivity contribution in [3.05, 3.63) is 95.6 Å². The van der Waals surface area contributed by atoms with Crippen molar-refractivity contribution < 1.29 is 8.83 Å². The highest BCUT2D eigenvalue weighted by atomic mass is 16.3. The summed E-state index contributed by atoms with van der Waals surface area (Å²) in [6, 6.07) is 28.0. The number of hydrogen-bond acceptors (Lipinski definition) is 2. The summed E-state index contributed by atoms with van der Waals surface area (Å²) >= 11 is 0. The van der Waals surface area contributed by atoms with Crippen molar-refractivity contribution in [2.24, 2.45) is 0 Å². The molecule has 0 aliphatic rings. The summed E-state index contributed by atoms with van der Waals surface area (Å²) in [4.78, 5) is 0. The number of hydrogen-bond donors (Lipinski definition) is 0. The largest absolute Gasteiger partial charge is 0.456 e. The molecule has 0 fully saturated rings. The predicted molar refractivity (Wildman–Crippen MR) is 143 cm³/mol. The molecule has 6 rings (SSSR count). The first-order valence-electron chi connectivity index (χ1n) is 12.1. The number of benzene rings is 4. The standard InChI is InChI=1S/C32H30O2/c1-31(2,3)25-13-8-11-24-22-17-16-20(18-28(22)34-29(24)25)19-32(4,5)26-14-9-12-23-21-10-6-7-15-27(21)33-30(23)26/h6-18H,19H2,1-5H3. The van der Waals surface area contributed by atoms with E-state index in [0.717, 1.165) is 28.8 Å². The van der Waals surface area contributed by atoms with Gasteiger partial charge in [-0.1, -0.05) is 101 Å². The van der Waals surface area contributed by atoms with Gasteiger partial charge in [0, 0.05) is 32.7 Å². The highest BCUT2D eigenvalue weighted by molar-refractivity contribution is 6.07. The average Bonchev–Trinajstić information content (AvgIpc) is 3.35. The Kier molecular flexibility index (Phi) is 4.48. The Morgan fingerprint density at radius 2 is 1.15 bits per heavy atom. The number of furan rings is 2. The molecule has 6 aromatic rings. The average molecular weight is 447 g/mol. The van der Waals surface area contributed by atoms with Gasteiger partial charge in [-0.05, 0) is 34.9 Å². The summed E-state index contributed by atoms with van der Waals surface area (Å²) in [7, 11) is 0. The fourth-order valence-electron chi connectivity index (χ4n) is 5.43. The first kappa shape index (κ1) is 21.0. The van der Waals surface area contributed by atoms with Crippen molar-refractivity contribution in [2.75, 3.05) is 0 Å². The van der Waals surface area contributed by atoms with Gasteiger partial charge in [-0.3, -0.25) is 0 Å². The van der Waals surface area contributed by atoms with Gasteiger partial charge in [0.25, 0.3) is 0 Å². The summed E-state index contributed by atoms with van der Waals surface area (Å²) in [6.07, 6.45) is 0.891. The molecule has 2 aromatic heterocycles. The van der Waals surface area contributed by atoms with Crippen LogP contribution in [0.4, 0.5) is 0 Å². The molecule has 4 aromatic carbocycles. The topological polar surface area (TPSA) is 26.3 Å². The van der Waals surface area contributed by atoms with E-state index in [-0.39, 0.29) is 10.8 Å². The second-order valence-corrected chi connectivity index (χ2v) is 11.2. The van der Waals surface area contributed by atoms with Gasteiger partial charge in [-0.25, -0.2) is 0 Å². The van der Waals surface area contributed by atoms with Gasteiger partial charge >= 0.3 is 0 Å². The van der Waals surface area contributed by atoms with Gasteiger partial charge in [-0.15, -0.1) is 0 Å². The fourth-order valence-corrected chi connectivity index (χ4v) is 5.43. The third-order valence-electron chi connectivity index (χ3n) is 7.15. The van der Waals surface area contributed by atoms with Crippen molar-refractivity contribution in [2.45, 2.75) is 51.9 Å². The van der Waals surface area contributed by atoms with E-state index in [1.165, 1.54) is 38.2 Å². The van der Waals surface area contributed by atoms with E-state index in [4.69, 9.17) is 8.83 Å². The quantitative estimate of drug-likeness (QED) is 0.271. The van der Waals surface area contributed by atoms with Gasteiger partial charge < -0.3 is 8.83 Å². The van der Waals surface area contributed by atoms with E-state index in [9.17, 15) is 0 Å². The van der Waals surface area contributed by atoms with Crippen LogP contribution in [0.15, 0.2) is 87.7 Å². The molecule has 0 N–H and O–H groups in total. The van der Waals surface area contributed by atoms with Gasteiger partial charge in [0.2, 0.25) is 0 Å². The van der Waals surface area contributed by atoms with Gasteiger partial charge in [0.05, 0.1) is 0 Å². The zero-order chi connectivity index (χ0) is 23.7. The van der Waals surface area contributed by atoms with Crippen LogP contribution in [0.1, 0.15) is 51.3 Å². The minimum Gasteiger partial charge on any atom is -0.456 e. The van der Waals surface area contributed by atoms with E-state index >= 15 is 0 Å². The second kappa shape index (κ2) is 7.24. The van der Waals surface area contributed by atoms with Crippen LogP contribution >= 0.6 is 0 Å². The lowest BCUT2D eigenvalue weighted by Gasteiger charge is -2.25.